The van der Waals surface area contributed by atoms with Crippen LogP contribution in [0.15, 0.2) is 78.9 Å². The molecule has 5 nitrogen and oxygen atoms in total. The van der Waals surface area contributed by atoms with Gasteiger partial charge in [-0.05, 0) is 40.8 Å². The van der Waals surface area contributed by atoms with Crippen LogP contribution in [0.2, 0.25) is 0 Å². The number of rotatable bonds is 10. The summed E-state index contributed by atoms with van der Waals surface area (Å²) in [6.45, 7) is 6.03. The molecule has 3 aromatic carbocycles. The van der Waals surface area contributed by atoms with Gasteiger partial charge in [0.15, 0.2) is 0 Å². The van der Waals surface area contributed by atoms with Crippen molar-refractivity contribution >= 4 is 5.91 Å². The van der Waals surface area contributed by atoms with E-state index in [1.54, 1.807) is 0 Å². The molecule has 0 radical (unpaired) electrons. The first-order valence-corrected chi connectivity index (χ1v) is 11.7. The zero-order valence-electron chi connectivity index (χ0n) is 19.0. The number of nitrogens with one attached hydrogen (secondary N) is 1. The number of hydrogen-bond donors (Lipinski definition) is 1. The van der Waals surface area contributed by atoms with E-state index in [-0.39, 0.29) is 5.91 Å². The lowest BCUT2D eigenvalue weighted by molar-refractivity contribution is -0.120. The summed E-state index contributed by atoms with van der Waals surface area (Å²) in [5, 5.41) is 2.99. The van der Waals surface area contributed by atoms with Gasteiger partial charge in [0.05, 0.1) is 26.2 Å². The minimum absolute atomic E-state index is 0.0332. The fourth-order valence-corrected chi connectivity index (χ4v) is 3.91. The fraction of sp³-hybridized carbons (Fsp3) is 0.321. The number of nitrogens with zero attached hydrogens (tertiary/aromatic N) is 1. The van der Waals surface area contributed by atoms with Crippen LogP contribution in [0.1, 0.15) is 17.5 Å². The first kappa shape index (κ1) is 23.0. The van der Waals surface area contributed by atoms with Crippen molar-refractivity contribution in [2.24, 2.45) is 0 Å². The Kier molecular flexibility index (Phi) is 8.50. The molecule has 0 aliphatic carbocycles. The molecular formula is C28H32N2O3. The second kappa shape index (κ2) is 12.2. The molecule has 4 rings (SSSR count). The summed E-state index contributed by atoms with van der Waals surface area (Å²) in [6.07, 6.45) is 1.42. The monoisotopic (exact) mass is 444 g/mol. The highest BCUT2D eigenvalue weighted by molar-refractivity contribution is 5.78. The topological polar surface area (TPSA) is 50.8 Å². The van der Waals surface area contributed by atoms with E-state index in [4.69, 9.17) is 9.47 Å². The van der Waals surface area contributed by atoms with Crippen molar-refractivity contribution in [3.63, 3.8) is 0 Å². The van der Waals surface area contributed by atoms with E-state index in [0.717, 1.165) is 73.9 Å². The highest BCUT2D eigenvalue weighted by Crippen LogP contribution is 2.23. The van der Waals surface area contributed by atoms with Gasteiger partial charge in [-0.1, -0.05) is 66.7 Å². The number of ether oxygens (including phenoxy) is 2. The van der Waals surface area contributed by atoms with Crippen LogP contribution in [0.4, 0.5) is 0 Å². The van der Waals surface area contributed by atoms with Crippen LogP contribution in [0.5, 0.6) is 5.75 Å². The number of amides is 1. The summed E-state index contributed by atoms with van der Waals surface area (Å²) in [6, 6.07) is 26.4. The molecule has 0 bridgehead atoms. The maximum atomic E-state index is 12.2. The maximum Gasteiger partial charge on any atom is 0.224 e. The Bertz CT molecular complexity index is 982. The molecule has 33 heavy (non-hydrogen) atoms. The molecular weight excluding hydrogens is 412 g/mol. The van der Waals surface area contributed by atoms with Crippen molar-refractivity contribution in [2.45, 2.75) is 19.4 Å². The summed E-state index contributed by atoms with van der Waals surface area (Å²) in [5.74, 6) is 0.935. The largest absolute Gasteiger partial charge is 0.494 e. The Labute approximate surface area is 196 Å². The number of benzene rings is 3. The molecule has 172 valence electrons. The average molecular weight is 445 g/mol. The van der Waals surface area contributed by atoms with Gasteiger partial charge < -0.3 is 14.8 Å². The minimum Gasteiger partial charge on any atom is -0.494 e. The molecule has 5 heteroatoms. The van der Waals surface area contributed by atoms with Crippen molar-refractivity contribution in [1.82, 2.24) is 10.2 Å². The minimum atomic E-state index is 0.0332. The molecule has 1 heterocycles. The lowest BCUT2D eigenvalue weighted by Crippen LogP contribution is -2.37. The molecule has 0 unspecified atom stereocenters. The first-order valence-electron chi connectivity index (χ1n) is 11.7. The van der Waals surface area contributed by atoms with Crippen LogP contribution in [0.25, 0.3) is 11.1 Å². The SMILES string of the molecule is O=C(Cc1ccccc1)NCc1ccc(-c2ccc(OCCCN3CCOCC3)cc2)cc1. The van der Waals surface area contributed by atoms with Crippen LogP contribution in [0.3, 0.4) is 0 Å². The van der Waals surface area contributed by atoms with Gasteiger partial charge >= 0.3 is 0 Å². The summed E-state index contributed by atoms with van der Waals surface area (Å²) in [7, 11) is 0. The molecule has 0 saturated carbocycles. The Morgan fingerprint density at radius 3 is 2.21 bits per heavy atom. The zero-order valence-corrected chi connectivity index (χ0v) is 19.0. The van der Waals surface area contributed by atoms with Gasteiger partial charge in [0.2, 0.25) is 5.91 Å². The smallest absolute Gasteiger partial charge is 0.224 e. The van der Waals surface area contributed by atoms with Crippen LogP contribution in [0, 0.1) is 0 Å². The number of morpholine rings is 1. The fourth-order valence-electron chi connectivity index (χ4n) is 3.91. The van der Waals surface area contributed by atoms with E-state index < -0.39 is 0 Å². The number of hydrogen-bond acceptors (Lipinski definition) is 4. The predicted molar refractivity (Wildman–Crippen MR) is 131 cm³/mol. The Hall–Kier alpha value is -3.15. The molecule has 3 aromatic rings. The van der Waals surface area contributed by atoms with Crippen LogP contribution in [-0.2, 0) is 22.5 Å². The van der Waals surface area contributed by atoms with Gasteiger partial charge in [0.25, 0.3) is 0 Å². The van der Waals surface area contributed by atoms with Crippen molar-refractivity contribution in [2.75, 3.05) is 39.5 Å². The van der Waals surface area contributed by atoms with E-state index in [0.29, 0.717) is 13.0 Å². The Morgan fingerprint density at radius 1 is 0.848 bits per heavy atom. The molecule has 1 aliphatic rings. The van der Waals surface area contributed by atoms with E-state index in [2.05, 4.69) is 46.6 Å². The third-order valence-corrected chi connectivity index (χ3v) is 5.83. The summed E-state index contributed by atoms with van der Waals surface area (Å²) >= 11 is 0. The molecule has 0 spiro atoms. The average Bonchev–Trinajstić information content (AvgIpc) is 2.87. The molecule has 0 aromatic heterocycles. The number of carbonyl (C=O) groups excluding carboxylic acids is 1. The highest BCUT2D eigenvalue weighted by atomic mass is 16.5. The normalized spacial score (nSPS) is 14.1. The van der Waals surface area contributed by atoms with Crippen molar-refractivity contribution in [3.05, 3.63) is 90.0 Å². The molecule has 1 amide bonds. The van der Waals surface area contributed by atoms with Crippen LogP contribution >= 0.6 is 0 Å². The second-order valence-electron chi connectivity index (χ2n) is 8.32. The van der Waals surface area contributed by atoms with E-state index in [1.165, 1.54) is 0 Å². The summed E-state index contributed by atoms with van der Waals surface area (Å²) in [5.41, 5.74) is 4.40. The highest BCUT2D eigenvalue weighted by Gasteiger charge is 2.09. The van der Waals surface area contributed by atoms with Crippen molar-refractivity contribution in [3.8, 4) is 16.9 Å². The van der Waals surface area contributed by atoms with Gasteiger partial charge in [0.1, 0.15) is 5.75 Å². The quantitative estimate of drug-likeness (QED) is 0.474. The second-order valence-corrected chi connectivity index (χ2v) is 8.32. The van der Waals surface area contributed by atoms with E-state index >= 15 is 0 Å². The van der Waals surface area contributed by atoms with E-state index in [9.17, 15) is 4.79 Å². The van der Waals surface area contributed by atoms with Gasteiger partial charge in [-0.2, -0.15) is 0 Å². The standard InChI is InChI=1S/C28H32N2O3/c31-28(21-23-5-2-1-3-6-23)29-22-24-7-9-25(10-8-24)26-11-13-27(14-12-26)33-18-4-15-30-16-19-32-20-17-30/h1-3,5-14H,4,15-22H2,(H,29,31). The summed E-state index contributed by atoms with van der Waals surface area (Å²) in [4.78, 5) is 14.6. The van der Waals surface area contributed by atoms with Gasteiger partial charge in [0, 0.05) is 26.2 Å². The van der Waals surface area contributed by atoms with Crippen molar-refractivity contribution < 1.29 is 14.3 Å². The van der Waals surface area contributed by atoms with Gasteiger partial charge in [-0.25, -0.2) is 0 Å². The predicted octanol–water partition coefficient (Wildman–Crippen LogP) is 4.31. The third-order valence-electron chi connectivity index (χ3n) is 5.83. The lowest BCUT2D eigenvalue weighted by Gasteiger charge is -2.26. The maximum absolute atomic E-state index is 12.2. The van der Waals surface area contributed by atoms with Crippen LogP contribution in [-0.4, -0.2) is 50.3 Å². The molecule has 1 aliphatic heterocycles. The molecule has 1 fully saturated rings. The molecule has 1 N–H and O–H groups in total. The Balaban J connectivity index is 1.20. The Morgan fingerprint density at radius 2 is 1.52 bits per heavy atom. The van der Waals surface area contributed by atoms with E-state index in [1.807, 2.05) is 42.5 Å². The molecule has 0 atom stereocenters. The zero-order chi connectivity index (χ0) is 22.7. The first-order chi connectivity index (χ1) is 16.3. The lowest BCUT2D eigenvalue weighted by atomic mass is 10.0. The third kappa shape index (κ3) is 7.45. The van der Waals surface area contributed by atoms with Crippen molar-refractivity contribution in [1.29, 1.82) is 0 Å². The van der Waals surface area contributed by atoms with Gasteiger partial charge in [-0.3, -0.25) is 9.69 Å². The summed E-state index contributed by atoms with van der Waals surface area (Å²) < 4.78 is 11.3. The molecule has 1 saturated heterocycles. The van der Waals surface area contributed by atoms with Gasteiger partial charge in [-0.15, -0.1) is 0 Å². The number of carbonyl (C=O) groups is 1. The van der Waals surface area contributed by atoms with Crippen LogP contribution < -0.4 is 10.1 Å².